The minimum absolute atomic E-state index is 0. The number of guanidine groups is 1. The van der Waals surface area contributed by atoms with E-state index < -0.39 is 0 Å². The second-order valence-electron chi connectivity index (χ2n) is 4.70. The van der Waals surface area contributed by atoms with Gasteiger partial charge in [0.15, 0.2) is 5.96 Å². The largest absolute Gasteiger partial charge is 0.357 e. The van der Waals surface area contributed by atoms with Crippen molar-refractivity contribution in [1.82, 2.24) is 20.4 Å². The van der Waals surface area contributed by atoms with E-state index in [2.05, 4.69) is 60.4 Å². The average Bonchev–Trinajstić information content (AvgIpc) is 2.99. The maximum atomic E-state index is 4.63. The van der Waals surface area contributed by atoms with E-state index in [1.165, 1.54) is 5.56 Å². The Bertz CT molecular complexity index is 585. The van der Waals surface area contributed by atoms with Crippen LogP contribution in [0.25, 0.3) is 0 Å². The van der Waals surface area contributed by atoms with Crippen molar-refractivity contribution in [1.29, 1.82) is 0 Å². The third-order valence-corrected chi connectivity index (χ3v) is 3.79. The molecule has 0 aliphatic rings. The lowest BCUT2D eigenvalue weighted by Crippen LogP contribution is -2.38. The fourth-order valence-electron chi connectivity index (χ4n) is 1.96. The molecule has 0 saturated carbocycles. The summed E-state index contributed by atoms with van der Waals surface area (Å²) in [5.74, 6) is 0.878. The molecule has 1 heterocycles. The number of H-pyrrole nitrogens is 1. The Morgan fingerprint density at radius 3 is 2.77 bits per heavy atom. The number of hydrogen-bond donors (Lipinski definition) is 2. The van der Waals surface area contributed by atoms with E-state index in [1.54, 1.807) is 6.20 Å². The second-order valence-corrected chi connectivity index (χ2v) is 5.55. The van der Waals surface area contributed by atoms with E-state index in [9.17, 15) is 0 Å². The highest BCUT2D eigenvalue weighted by atomic mass is 127. The van der Waals surface area contributed by atoms with Gasteiger partial charge in [0, 0.05) is 30.8 Å². The van der Waals surface area contributed by atoms with Gasteiger partial charge in [-0.2, -0.15) is 5.10 Å². The van der Waals surface area contributed by atoms with Crippen molar-refractivity contribution in [3.05, 3.63) is 52.3 Å². The van der Waals surface area contributed by atoms with Crippen LogP contribution >= 0.6 is 39.9 Å². The molecule has 2 aromatic rings. The van der Waals surface area contributed by atoms with Crippen LogP contribution in [0.3, 0.4) is 0 Å². The molecule has 0 amide bonds. The van der Waals surface area contributed by atoms with E-state index in [4.69, 9.17) is 0 Å². The van der Waals surface area contributed by atoms with Gasteiger partial charge >= 0.3 is 0 Å². The first-order valence-corrected chi connectivity index (χ1v) is 7.71. The molecule has 7 heteroatoms. The van der Waals surface area contributed by atoms with Crippen molar-refractivity contribution < 1.29 is 0 Å². The molecule has 22 heavy (non-hydrogen) atoms. The number of hydrogen-bond acceptors (Lipinski definition) is 2. The molecule has 0 radical (unpaired) electrons. The molecule has 2 N–H and O–H groups in total. The lowest BCUT2D eigenvalue weighted by molar-refractivity contribution is 0.475. The number of benzene rings is 1. The van der Waals surface area contributed by atoms with Crippen LogP contribution in [0.1, 0.15) is 18.2 Å². The molecular weight excluding hydrogens is 457 g/mol. The van der Waals surface area contributed by atoms with Crippen molar-refractivity contribution in [3.63, 3.8) is 0 Å². The van der Waals surface area contributed by atoms with Crippen LogP contribution in [0.15, 0.2) is 46.0 Å². The molecule has 0 spiro atoms. The highest BCUT2D eigenvalue weighted by molar-refractivity contribution is 14.0. The van der Waals surface area contributed by atoms with E-state index in [0.717, 1.165) is 29.2 Å². The fourth-order valence-corrected chi connectivity index (χ4v) is 2.37. The summed E-state index contributed by atoms with van der Waals surface area (Å²) in [6, 6.07) is 10.2. The summed E-state index contributed by atoms with van der Waals surface area (Å²) < 4.78 is 1.11. The molecule has 1 aromatic carbocycles. The van der Waals surface area contributed by atoms with Gasteiger partial charge in [-0.25, -0.2) is 4.99 Å². The van der Waals surface area contributed by atoms with Crippen molar-refractivity contribution in [3.8, 4) is 0 Å². The molecule has 0 aliphatic heterocycles. The maximum Gasteiger partial charge on any atom is 0.194 e. The van der Waals surface area contributed by atoms with Gasteiger partial charge in [0.25, 0.3) is 0 Å². The minimum Gasteiger partial charge on any atom is -0.357 e. The van der Waals surface area contributed by atoms with Gasteiger partial charge in [0.1, 0.15) is 0 Å². The SMILES string of the molecule is CCNC(=NCc1ccn[nH]1)N(C)Cc1ccccc1Br.I. The number of nitrogens with zero attached hydrogens (tertiary/aromatic N) is 3. The Labute approximate surface area is 156 Å². The summed E-state index contributed by atoms with van der Waals surface area (Å²) in [6.45, 7) is 4.28. The molecule has 0 fully saturated rings. The summed E-state index contributed by atoms with van der Waals surface area (Å²) >= 11 is 3.58. The van der Waals surface area contributed by atoms with E-state index in [1.807, 2.05) is 25.2 Å². The lowest BCUT2D eigenvalue weighted by Gasteiger charge is -2.22. The number of halogens is 2. The predicted octanol–water partition coefficient (Wildman–Crippen LogP) is 3.39. The van der Waals surface area contributed by atoms with E-state index >= 15 is 0 Å². The fraction of sp³-hybridized carbons (Fsp3) is 0.333. The Morgan fingerprint density at radius 2 is 2.14 bits per heavy atom. The Morgan fingerprint density at radius 1 is 1.36 bits per heavy atom. The predicted molar refractivity (Wildman–Crippen MR) is 104 cm³/mol. The van der Waals surface area contributed by atoms with Gasteiger partial charge < -0.3 is 10.2 Å². The molecule has 5 nitrogen and oxygen atoms in total. The smallest absolute Gasteiger partial charge is 0.194 e. The Kier molecular flexibility index (Phi) is 8.47. The van der Waals surface area contributed by atoms with Crippen molar-refractivity contribution >= 4 is 45.9 Å². The van der Waals surface area contributed by atoms with Crippen LogP contribution in [0.4, 0.5) is 0 Å². The summed E-state index contributed by atoms with van der Waals surface area (Å²) in [6.07, 6.45) is 1.74. The van der Waals surface area contributed by atoms with Gasteiger partial charge in [-0.1, -0.05) is 34.1 Å². The van der Waals surface area contributed by atoms with Crippen molar-refractivity contribution in [2.45, 2.75) is 20.0 Å². The number of aliphatic imine (C=N–C) groups is 1. The topological polar surface area (TPSA) is 56.3 Å². The normalized spacial score (nSPS) is 11.0. The molecule has 0 aliphatic carbocycles. The maximum absolute atomic E-state index is 4.63. The van der Waals surface area contributed by atoms with Gasteiger partial charge in [-0.05, 0) is 24.6 Å². The number of rotatable bonds is 5. The molecule has 0 saturated heterocycles. The lowest BCUT2D eigenvalue weighted by atomic mass is 10.2. The highest BCUT2D eigenvalue weighted by Gasteiger charge is 2.08. The van der Waals surface area contributed by atoms with Crippen LogP contribution in [0, 0.1) is 0 Å². The molecule has 2 rings (SSSR count). The second kappa shape index (κ2) is 9.83. The quantitative estimate of drug-likeness (QED) is 0.394. The van der Waals surface area contributed by atoms with E-state index in [0.29, 0.717) is 6.54 Å². The van der Waals surface area contributed by atoms with Gasteiger partial charge in [0.05, 0.1) is 12.2 Å². The highest BCUT2D eigenvalue weighted by Crippen LogP contribution is 2.17. The monoisotopic (exact) mass is 477 g/mol. The molecule has 1 aromatic heterocycles. The zero-order valence-electron chi connectivity index (χ0n) is 12.7. The van der Waals surface area contributed by atoms with E-state index in [-0.39, 0.29) is 24.0 Å². The average molecular weight is 478 g/mol. The third-order valence-electron chi connectivity index (χ3n) is 3.02. The first kappa shape index (κ1) is 19.0. The zero-order valence-corrected chi connectivity index (χ0v) is 16.6. The third kappa shape index (κ3) is 5.60. The number of aromatic nitrogens is 2. The van der Waals surface area contributed by atoms with Gasteiger partial charge in [-0.15, -0.1) is 24.0 Å². The molecule has 0 bridgehead atoms. The number of aromatic amines is 1. The number of nitrogens with one attached hydrogen (secondary N) is 2. The molecule has 0 unspecified atom stereocenters. The minimum atomic E-state index is 0. The zero-order chi connectivity index (χ0) is 15.1. The first-order valence-electron chi connectivity index (χ1n) is 6.91. The summed E-state index contributed by atoms with van der Waals surface area (Å²) in [5.41, 5.74) is 2.23. The molecule has 120 valence electrons. The molecular formula is C15H21BrIN5. The Balaban J connectivity index is 0.00000242. The summed E-state index contributed by atoms with van der Waals surface area (Å²) in [4.78, 5) is 6.74. The van der Waals surface area contributed by atoms with Crippen LogP contribution < -0.4 is 5.32 Å². The van der Waals surface area contributed by atoms with Crippen molar-refractivity contribution in [2.75, 3.05) is 13.6 Å². The summed E-state index contributed by atoms with van der Waals surface area (Å²) in [7, 11) is 2.04. The first-order chi connectivity index (χ1) is 10.2. The van der Waals surface area contributed by atoms with Crippen LogP contribution in [-0.4, -0.2) is 34.6 Å². The standard InChI is InChI=1S/C15H20BrN5.HI/c1-3-17-15(18-10-13-8-9-19-20-13)21(2)11-12-6-4-5-7-14(12)16;/h4-9H,3,10-11H2,1-2H3,(H,17,18)(H,19,20);1H. The van der Waals surface area contributed by atoms with Crippen LogP contribution in [0.2, 0.25) is 0 Å². The van der Waals surface area contributed by atoms with Crippen LogP contribution in [-0.2, 0) is 13.1 Å². The van der Waals surface area contributed by atoms with Crippen LogP contribution in [0.5, 0.6) is 0 Å². The van der Waals surface area contributed by atoms with Crippen molar-refractivity contribution in [2.24, 2.45) is 4.99 Å². The Hall–Kier alpha value is -1.09. The van der Waals surface area contributed by atoms with Gasteiger partial charge in [-0.3, -0.25) is 5.10 Å². The molecule has 0 atom stereocenters. The van der Waals surface area contributed by atoms with Gasteiger partial charge in [0.2, 0.25) is 0 Å². The summed E-state index contributed by atoms with van der Waals surface area (Å²) in [5, 5.41) is 10.2.